The summed E-state index contributed by atoms with van der Waals surface area (Å²) in [6.07, 6.45) is 4.19. The maximum absolute atomic E-state index is 10.3. The molecule has 0 unspecified atom stereocenters. The van der Waals surface area contributed by atoms with Gasteiger partial charge in [-0.25, -0.2) is 0 Å². The first-order valence-corrected chi connectivity index (χ1v) is 7.76. The van der Waals surface area contributed by atoms with Crippen LogP contribution >= 0.6 is 0 Å². The molecule has 1 heterocycles. The third-order valence-electron chi connectivity index (χ3n) is 3.15. The molecule has 6 nitrogen and oxygen atoms in total. The van der Waals surface area contributed by atoms with Crippen LogP contribution in [-0.2, 0) is 17.9 Å². The van der Waals surface area contributed by atoms with Crippen LogP contribution < -0.4 is 5.32 Å². The molecule has 0 bridgehead atoms. The number of hydrogen-bond donors (Lipinski definition) is 4. The zero-order valence-electron chi connectivity index (χ0n) is 13.7. The van der Waals surface area contributed by atoms with E-state index in [1.807, 2.05) is 13.8 Å². The van der Waals surface area contributed by atoms with Gasteiger partial charge in [-0.15, -0.1) is 0 Å². The number of aromatic hydroxyl groups is 1. The van der Waals surface area contributed by atoms with Gasteiger partial charge in [0, 0.05) is 30.3 Å². The number of nitrogens with zero attached hydrogens (tertiary/aromatic N) is 1. The summed E-state index contributed by atoms with van der Waals surface area (Å²) < 4.78 is 0. The molecule has 0 radical (unpaired) electrons. The molecule has 0 aliphatic rings. The fourth-order valence-electron chi connectivity index (χ4n) is 1.93. The van der Waals surface area contributed by atoms with Crippen LogP contribution in [0.25, 0.3) is 0 Å². The van der Waals surface area contributed by atoms with Crippen molar-refractivity contribution in [1.29, 1.82) is 0 Å². The smallest absolute Gasteiger partial charge is 0.303 e. The Labute approximate surface area is 132 Å². The monoisotopic (exact) mass is 312 g/mol. The van der Waals surface area contributed by atoms with Crippen molar-refractivity contribution in [2.45, 2.75) is 59.6 Å². The highest BCUT2D eigenvalue weighted by Gasteiger charge is 2.10. The minimum Gasteiger partial charge on any atom is -0.506 e. The summed E-state index contributed by atoms with van der Waals surface area (Å²) in [5.74, 6) is -0.641. The molecule has 0 saturated heterocycles. The molecule has 6 heteroatoms. The van der Waals surface area contributed by atoms with E-state index < -0.39 is 5.97 Å². The molecule has 0 aromatic carbocycles. The molecule has 22 heavy (non-hydrogen) atoms. The molecule has 0 fully saturated rings. The van der Waals surface area contributed by atoms with E-state index in [1.165, 1.54) is 0 Å². The van der Waals surface area contributed by atoms with Crippen LogP contribution in [0.5, 0.6) is 5.75 Å². The van der Waals surface area contributed by atoms with E-state index in [9.17, 15) is 15.0 Å². The lowest BCUT2D eigenvalue weighted by Crippen LogP contribution is -2.16. The number of carboxylic acids is 1. The summed E-state index contributed by atoms with van der Waals surface area (Å²) in [4.78, 5) is 14.3. The standard InChI is InChI=1S/C14H22N2O4.C2H6/c1-10-14(20)12(11(9-17)7-16-10)8-15-6-4-2-3-5-13(18)19;1-2/h7,15,17,20H,2-6,8-9H2,1H3,(H,18,19);1-2H3. The number of carboxylic acid groups (broad SMARTS) is 1. The van der Waals surface area contributed by atoms with E-state index in [4.69, 9.17) is 5.11 Å². The Balaban J connectivity index is 0.00000211. The number of aryl methyl sites for hydroxylation is 1. The van der Waals surface area contributed by atoms with Gasteiger partial charge >= 0.3 is 5.97 Å². The highest BCUT2D eigenvalue weighted by molar-refractivity contribution is 5.66. The van der Waals surface area contributed by atoms with Gasteiger partial charge in [-0.3, -0.25) is 9.78 Å². The third-order valence-corrected chi connectivity index (χ3v) is 3.15. The van der Waals surface area contributed by atoms with Crippen LogP contribution in [0.4, 0.5) is 0 Å². The van der Waals surface area contributed by atoms with Crippen molar-refractivity contribution in [2.24, 2.45) is 0 Å². The first kappa shape index (κ1) is 20.3. The predicted octanol–water partition coefficient (Wildman–Crippen LogP) is 2.35. The largest absolute Gasteiger partial charge is 0.506 e. The lowest BCUT2D eigenvalue weighted by Gasteiger charge is -2.12. The number of unbranched alkanes of at least 4 members (excludes halogenated alkanes) is 2. The number of rotatable bonds is 9. The second-order valence-corrected chi connectivity index (χ2v) is 4.74. The molecule has 1 aromatic rings. The number of pyridine rings is 1. The highest BCUT2D eigenvalue weighted by Crippen LogP contribution is 2.23. The van der Waals surface area contributed by atoms with Gasteiger partial charge < -0.3 is 20.6 Å². The maximum Gasteiger partial charge on any atom is 0.303 e. The molecule has 126 valence electrons. The summed E-state index contributed by atoms with van der Waals surface area (Å²) in [6, 6.07) is 0. The molecule has 1 rings (SSSR count). The first-order valence-electron chi connectivity index (χ1n) is 7.76. The zero-order valence-corrected chi connectivity index (χ0v) is 13.7. The number of aliphatic hydroxyl groups is 1. The van der Waals surface area contributed by atoms with Gasteiger partial charge in [0.25, 0.3) is 0 Å². The van der Waals surface area contributed by atoms with E-state index in [-0.39, 0.29) is 18.8 Å². The molecule has 0 aliphatic carbocycles. The molecular formula is C16H28N2O4. The van der Waals surface area contributed by atoms with Crippen molar-refractivity contribution in [3.63, 3.8) is 0 Å². The number of aromatic nitrogens is 1. The van der Waals surface area contributed by atoms with Gasteiger partial charge in [-0.05, 0) is 26.3 Å². The normalized spacial score (nSPS) is 10.0. The highest BCUT2D eigenvalue weighted by atomic mass is 16.4. The Hall–Kier alpha value is -1.66. The molecular weight excluding hydrogens is 284 g/mol. The Morgan fingerprint density at radius 1 is 1.27 bits per heavy atom. The van der Waals surface area contributed by atoms with Gasteiger partial charge in [0.05, 0.1) is 12.3 Å². The molecule has 1 aromatic heterocycles. The topological polar surface area (TPSA) is 103 Å². The fourth-order valence-corrected chi connectivity index (χ4v) is 1.93. The molecule has 0 spiro atoms. The predicted molar refractivity (Wildman–Crippen MR) is 85.7 cm³/mol. The minimum atomic E-state index is -0.761. The van der Waals surface area contributed by atoms with Crippen molar-refractivity contribution in [3.8, 4) is 5.75 Å². The summed E-state index contributed by atoms with van der Waals surface area (Å²) in [7, 11) is 0. The maximum atomic E-state index is 10.3. The lowest BCUT2D eigenvalue weighted by atomic mass is 10.1. The molecule has 0 saturated carbocycles. The second-order valence-electron chi connectivity index (χ2n) is 4.74. The van der Waals surface area contributed by atoms with Crippen molar-refractivity contribution < 1.29 is 20.1 Å². The van der Waals surface area contributed by atoms with Crippen LogP contribution in [0, 0.1) is 6.92 Å². The van der Waals surface area contributed by atoms with E-state index >= 15 is 0 Å². The Morgan fingerprint density at radius 3 is 2.55 bits per heavy atom. The lowest BCUT2D eigenvalue weighted by molar-refractivity contribution is -0.137. The zero-order chi connectivity index (χ0) is 17.0. The van der Waals surface area contributed by atoms with Crippen LogP contribution in [0.1, 0.15) is 56.4 Å². The summed E-state index contributed by atoms with van der Waals surface area (Å²) >= 11 is 0. The van der Waals surface area contributed by atoms with E-state index in [1.54, 1.807) is 13.1 Å². The number of carbonyl (C=O) groups is 1. The van der Waals surface area contributed by atoms with Crippen molar-refractivity contribution in [1.82, 2.24) is 10.3 Å². The second kappa shape index (κ2) is 11.9. The quantitative estimate of drug-likeness (QED) is 0.522. The van der Waals surface area contributed by atoms with E-state index in [0.717, 1.165) is 19.4 Å². The number of aliphatic hydroxyl groups excluding tert-OH is 1. The van der Waals surface area contributed by atoms with Gasteiger partial charge in [0.1, 0.15) is 5.75 Å². The molecule has 0 amide bonds. The summed E-state index contributed by atoms with van der Waals surface area (Å²) in [5, 5.41) is 30.8. The Kier molecular flexibility index (Phi) is 11.0. The minimum absolute atomic E-state index is 0.120. The van der Waals surface area contributed by atoms with Crippen molar-refractivity contribution >= 4 is 5.97 Å². The van der Waals surface area contributed by atoms with Crippen molar-refractivity contribution in [3.05, 3.63) is 23.0 Å². The third kappa shape index (κ3) is 7.38. The number of nitrogens with one attached hydrogen (secondary N) is 1. The molecule has 4 N–H and O–H groups in total. The van der Waals surface area contributed by atoms with E-state index in [0.29, 0.717) is 29.8 Å². The summed E-state index contributed by atoms with van der Waals surface area (Å²) in [6.45, 7) is 6.76. The fraction of sp³-hybridized carbons (Fsp3) is 0.625. The number of aliphatic carboxylic acids is 1. The average Bonchev–Trinajstić information content (AvgIpc) is 2.52. The average molecular weight is 312 g/mol. The van der Waals surface area contributed by atoms with Crippen LogP contribution in [0.15, 0.2) is 6.20 Å². The summed E-state index contributed by atoms with van der Waals surface area (Å²) in [5.41, 5.74) is 1.83. The number of hydrogen-bond acceptors (Lipinski definition) is 5. The van der Waals surface area contributed by atoms with Crippen LogP contribution in [0.3, 0.4) is 0 Å². The van der Waals surface area contributed by atoms with Gasteiger partial charge in [0.2, 0.25) is 0 Å². The van der Waals surface area contributed by atoms with Crippen LogP contribution in [0.2, 0.25) is 0 Å². The van der Waals surface area contributed by atoms with Gasteiger partial charge in [-0.2, -0.15) is 0 Å². The SMILES string of the molecule is CC.Cc1ncc(CO)c(CNCCCCCC(=O)O)c1O. The Bertz CT molecular complexity index is 450. The first-order chi connectivity index (χ1) is 10.6. The molecule has 0 atom stereocenters. The van der Waals surface area contributed by atoms with Crippen molar-refractivity contribution in [2.75, 3.05) is 6.54 Å². The van der Waals surface area contributed by atoms with E-state index in [2.05, 4.69) is 10.3 Å². The van der Waals surface area contributed by atoms with Gasteiger partial charge in [0.15, 0.2) is 0 Å². The molecule has 0 aliphatic heterocycles. The van der Waals surface area contributed by atoms with Crippen LogP contribution in [-0.4, -0.2) is 32.8 Å². The Morgan fingerprint density at radius 2 is 1.95 bits per heavy atom. The van der Waals surface area contributed by atoms with Gasteiger partial charge in [-0.1, -0.05) is 20.3 Å².